The van der Waals surface area contributed by atoms with Crippen LogP contribution in [0.25, 0.3) is 0 Å². The Morgan fingerprint density at radius 2 is 2.50 bits per heavy atom. The molecule has 12 heavy (non-hydrogen) atoms. The molecule has 0 aliphatic heterocycles. The van der Waals surface area contributed by atoms with Crippen molar-refractivity contribution in [3.8, 4) is 0 Å². The summed E-state index contributed by atoms with van der Waals surface area (Å²) in [7, 11) is 1.33. The minimum atomic E-state index is -0.703. The fraction of sp³-hybridized carbons (Fsp3) is 0.750. The molecule has 0 aromatic rings. The number of amides is 1. The Morgan fingerprint density at radius 3 is 2.83 bits per heavy atom. The summed E-state index contributed by atoms with van der Waals surface area (Å²) in [5.41, 5.74) is -0.703. The molecular formula is C8H13NO3. The molecular weight excluding hydrogens is 158 g/mol. The van der Waals surface area contributed by atoms with Gasteiger partial charge in [-0.05, 0) is 12.3 Å². The fourth-order valence-corrected chi connectivity index (χ4v) is 1.60. The number of hydrogen-bond acceptors (Lipinski definition) is 3. The fourth-order valence-electron chi connectivity index (χ4n) is 1.60. The van der Waals surface area contributed by atoms with Crippen LogP contribution in [0.1, 0.15) is 19.8 Å². The molecule has 1 fully saturated rings. The molecule has 1 amide bonds. The Kier molecular flexibility index (Phi) is 2.35. The number of nitrogens with one attached hydrogen (secondary N) is 1. The van der Waals surface area contributed by atoms with E-state index in [9.17, 15) is 9.59 Å². The average molecular weight is 171 g/mol. The van der Waals surface area contributed by atoms with E-state index >= 15 is 0 Å². The van der Waals surface area contributed by atoms with Crippen molar-refractivity contribution in [3.63, 3.8) is 0 Å². The molecule has 0 bridgehead atoms. The van der Waals surface area contributed by atoms with Crippen LogP contribution in [-0.2, 0) is 14.3 Å². The van der Waals surface area contributed by atoms with Gasteiger partial charge < -0.3 is 10.1 Å². The predicted molar refractivity (Wildman–Crippen MR) is 42.3 cm³/mol. The van der Waals surface area contributed by atoms with E-state index in [2.05, 4.69) is 10.1 Å². The lowest BCUT2D eigenvalue weighted by Gasteiger charge is -2.12. The summed E-state index contributed by atoms with van der Waals surface area (Å²) in [6, 6.07) is 0. The topological polar surface area (TPSA) is 55.4 Å². The molecule has 1 aliphatic rings. The van der Waals surface area contributed by atoms with E-state index in [4.69, 9.17) is 0 Å². The number of hydrogen-bond donors (Lipinski definition) is 1. The molecule has 1 N–H and O–H groups in total. The summed E-state index contributed by atoms with van der Waals surface area (Å²) < 4.78 is 4.60. The van der Waals surface area contributed by atoms with Gasteiger partial charge in [0.25, 0.3) is 0 Å². The lowest BCUT2D eigenvalue weighted by molar-refractivity contribution is -0.145. The van der Waals surface area contributed by atoms with Crippen LogP contribution in [0.4, 0.5) is 0 Å². The maximum atomic E-state index is 11.2. The van der Waals surface area contributed by atoms with Gasteiger partial charge in [0, 0.05) is 0 Å². The van der Waals surface area contributed by atoms with Crippen molar-refractivity contribution < 1.29 is 14.3 Å². The molecule has 68 valence electrons. The van der Waals surface area contributed by atoms with Gasteiger partial charge in [-0.25, -0.2) is 4.79 Å². The van der Waals surface area contributed by atoms with Crippen molar-refractivity contribution in [3.05, 3.63) is 0 Å². The van der Waals surface area contributed by atoms with Gasteiger partial charge >= 0.3 is 5.97 Å². The second kappa shape index (κ2) is 3.13. The highest BCUT2D eigenvalue weighted by Crippen LogP contribution is 2.46. The summed E-state index contributed by atoms with van der Waals surface area (Å²) in [6.45, 7) is 1.99. The van der Waals surface area contributed by atoms with E-state index in [0.717, 1.165) is 6.42 Å². The van der Waals surface area contributed by atoms with Gasteiger partial charge in [-0.15, -0.1) is 0 Å². The largest absolute Gasteiger partial charge is 0.467 e. The van der Waals surface area contributed by atoms with Crippen LogP contribution in [0.2, 0.25) is 0 Å². The highest BCUT2D eigenvalue weighted by molar-refractivity contribution is 5.87. The van der Waals surface area contributed by atoms with E-state index in [0.29, 0.717) is 12.8 Å². The molecule has 4 heteroatoms. The van der Waals surface area contributed by atoms with Crippen LogP contribution < -0.4 is 5.32 Å². The Hall–Kier alpha value is -1.06. The normalized spacial score (nSPS) is 32.3. The van der Waals surface area contributed by atoms with Crippen molar-refractivity contribution in [1.82, 2.24) is 5.32 Å². The summed E-state index contributed by atoms with van der Waals surface area (Å²) in [5, 5.41) is 2.53. The summed E-state index contributed by atoms with van der Waals surface area (Å²) >= 11 is 0. The molecule has 2 atom stereocenters. The third-order valence-corrected chi connectivity index (χ3v) is 2.46. The van der Waals surface area contributed by atoms with Gasteiger partial charge in [0.2, 0.25) is 6.41 Å². The maximum Gasteiger partial charge on any atom is 0.331 e. The molecule has 0 radical (unpaired) electrons. The molecule has 0 unspecified atom stereocenters. The number of carbonyl (C=O) groups is 2. The van der Waals surface area contributed by atoms with Gasteiger partial charge in [0.15, 0.2) is 0 Å². The molecule has 0 saturated heterocycles. The standard InChI is InChI=1S/C8H13NO3/c1-3-6-4-8(6,9-5-10)7(11)12-2/h5-6H,3-4H2,1-2H3,(H,9,10)/t6-,8-/m1/s1. The zero-order valence-corrected chi connectivity index (χ0v) is 7.29. The zero-order valence-electron chi connectivity index (χ0n) is 7.29. The molecule has 0 aromatic heterocycles. The molecule has 1 saturated carbocycles. The Morgan fingerprint density at radius 1 is 1.83 bits per heavy atom. The summed E-state index contributed by atoms with van der Waals surface area (Å²) in [5.74, 6) is -0.0865. The predicted octanol–water partition coefficient (Wildman–Crippen LogP) is 0.0741. The first-order chi connectivity index (χ1) is 5.71. The van der Waals surface area contributed by atoms with E-state index in [1.807, 2.05) is 6.92 Å². The van der Waals surface area contributed by atoms with E-state index in [1.54, 1.807) is 0 Å². The minimum Gasteiger partial charge on any atom is -0.467 e. The Labute approximate surface area is 71.3 Å². The summed E-state index contributed by atoms with van der Waals surface area (Å²) in [6.07, 6.45) is 2.15. The number of ether oxygens (including phenoxy) is 1. The van der Waals surface area contributed by atoms with Crippen LogP contribution in [0.15, 0.2) is 0 Å². The number of methoxy groups -OCH3 is 1. The third kappa shape index (κ3) is 1.17. The van der Waals surface area contributed by atoms with Crippen molar-refractivity contribution in [2.75, 3.05) is 7.11 Å². The maximum absolute atomic E-state index is 11.2. The van der Waals surface area contributed by atoms with E-state index < -0.39 is 5.54 Å². The molecule has 0 heterocycles. The van der Waals surface area contributed by atoms with Gasteiger partial charge in [-0.3, -0.25) is 4.79 Å². The van der Waals surface area contributed by atoms with Crippen LogP contribution in [-0.4, -0.2) is 25.0 Å². The van der Waals surface area contributed by atoms with E-state index in [1.165, 1.54) is 7.11 Å². The van der Waals surface area contributed by atoms with Gasteiger partial charge in [0.1, 0.15) is 5.54 Å². The highest BCUT2D eigenvalue weighted by atomic mass is 16.5. The third-order valence-electron chi connectivity index (χ3n) is 2.46. The lowest BCUT2D eigenvalue weighted by atomic mass is 10.2. The van der Waals surface area contributed by atoms with Gasteiger partial charge in [-0.1, -0.05) is 13.3 Å². The van der Waals surface area contributed by atoms with Crippen LogP contribution >= 0.6 is 0 Å². The summed E-state index contributed by atoms with van der Waals surface area (Å²) in [4.78, 5) is 21.4. The first-order valence-corrected chi connectivity index (χ1v) is 4.01. The van der Waals surface area contributed by atoms with Crippen molar-refractivity contribution in [2.45, 2.75) is 25.3 Å². The molecule has 4 nitrogen and oxygen atoms in total. The quantitative estimate of drug-likeness (QED) is 0.481. The second-order valence-corrected chi connectivity index (χ2v) is 3.03. The van der Waals surface area contributed by atoms with Crippen LogP contribution in [0.3, 0.4) is 0 Å². The van der Waals surface area contributed by atoms with Gasteiger partial charge in [-0.2, -0.15) is 0 Å². The SMILES string of the molecule is CC[C@@H]1C[C@]1(NC=O)C(=O)OC. The van der Waals surface area contributed by atoms with Crippen LogP contribution in [0.5, 0.6) is 0 Å². The zero-order chi connectivity index (χ0) is 9.19. The van der Waals surface area contributed by atoms with Crippen LogP contribution in [0, 0.1) is 5.92 Å². The smallest absolute Gasteiger partial charge is 0.331 e. The lowest BCUT2D eigenvalue weighted by Crippen LogP contribution is -2.41. The number of rotatable bonds is 4. The first-order valence-electron chi connectivity index (χ1n) is 4.01. The van der Waals surface area contributed by atoms with E-state index in [-0.39, 0.29) is 11.9 Å². The second-order valence-electron chi connectivity index (χ2n) is 3.03. The highest BCUT2D eigenvalue weighted by Gasteiger charge is 2.60. The molecule has 1 rings (SSSR count). The number of carbonyl (C=O) groups excluding carboxylic acids is 2. The molecule has 0 spiro atoms. The Bertz CT molecular complexity index is 204. The minimum absolute atomic E-state index is 0.246. The monoisotopic (exact) mass is 171 g/mol. The Balaban J connectivity index is 2.64. The first kappa shape index (κ1) is 9.03. The van der Waals surface area contributed by atoms with Crippen molar-refractivity contribution >= 4 is 12.4 Å². The van der Waals surface area contributed by atoms with Gasteiger partial charge in [0.05, 0.1) is 7.11 Å². The average Bonchev–Trinajstić information content (AvgIpc) is 2.79. The van der Waals surface area contributed by atoms with Crippen molar-refractivity contribution in [1.29, 1.82) is 0 Å². The number of esters is 1. The molecule has 0 aromatic carbocycles. The van der Waals surface area contributed by atoms with Crippen molar-refractivity contribution in [2.24, 2.45) is 5.92 Å². The molecule has 1 aliphatic carbocycles.